The first-order valence-corrected chi connectivity index (χ1v) is 9.92. The van der Waals surface area contributed by atoms with Crippen LogP contribution in [0.25, 0.3) is 0 Å². The van der Waals surface area contributed by atoms with Gasteiger partial charge in [0.15, 0.2) is 0 Å². The zero-order chi connectivity index (χ0) is 20.1. The molecule has 1 aliphatic heterocycles. The Labute approximate surface area is 170 Å². The molecule has 148 valence electrons. The number of hydrogen-bond donors (Lipinski definition) is 2. The van der Waals surface area contributed by atoms with Gasteiger partial charge in [-0.25, -0.2) is 0 Å². The Morgan fingerprint density at radius 3 is 2.43 bits per heavy atom. The first-order valence-electron chi connectivity index (χ1n) is 9.54. The summed E-state index contributed by atoms with van der Waals surface area (Å²) in [6.07, 6.45) is 1.73. The predicted molar refractivity (Wildman–Crippen MR) is 110 cm³/mol. The van der Waals surface area contributed by atoms with Gasteiger partial charge in [-0.1, -0.05) is 23.7 Å². The Hall–Kier alpha value is -2.37. The van der Waals surface area contributed by atoms with E-state index >= 15 is 0 Å². The van der Waals surface area contributed by atoms with Crippen molar-refractivity contribution in [2.75, 3.05) is 25.5 Å². The summed E-state index contributed by atoms with van der Waals surface area (Å²) in [6.45, 7) is 4.71. The van der Waals surface area contributed by atoms with Crippen molar-refractivity contribution in [1.29, 1.82) is 0 Å². The number of amides is 1. The molecular formula is C22H26ClN2O3+. The standard InChI is InChI=1S/C22H25ClN2O3/c1-15-13-19(7-8-20(15)23)24-21(26)17-5-3-16(4-6-17)14-25-11-9-18(10-12-25)22(27)28-2/h3-8,13,18H,9-12,14H2,1-2H3,(H,24,26)/p+1. The molecule has 0 aromatic heterocycles. The second kappa shape index (κ2) is 9.22. The van der Waals surface area contributed by atoms with Crippen LogP contribution >= 0.6 is 11.6 Å². The highest BCUT2D eigenvalue weighted by molar-refractivity contribution is 6.31. The first-order chi connectivity index (χ1) is 13.5. The Kier molecular flexibility index (Phi) is 6.70. The molecule has 1 heterocycles. The number of halogens is 1. The van der Waals surface area contributed by atoms with Crippen LogP contribution in [0.15, 0.2) is 42.5 Å². The highest BCUT2D eigenvalue weighted by atomic mass is 35.5. The quantitative estimate of drug-likeness (QED) is 0.757. The van der Waals surface area contributed by atoms with Gasteiger partial charge in [0.2, 0.25) is 0 Å². The molecular weight excluding hydrogens is 376 g/mol. The molecule has 28 heavy (non-hydrogen) atoms. The van der Waals surface area contributed by atoms with Crippen LogP contribution in [0.5, 0.6) is 0 Å². The van der Waals surface area contributed by atoms with E-state index in [1.165, 1.54) is 17.6 Å². The van der Waals surface area contributed by atoms with Crippen LogP contribution in [0.4, 0.5) is 5.69 Å². The Bertz CT molecular complexity index is 843. The van der Waals surface area contributed by atoms with E-state index in [0.29, 0.717) is 10.6 Å². The fourth-order valence-corrected chi connectivity index (χ4v) is 3.71. The van der Waals surface area contributed by atoms with Gasteiger partial charge in [-0.15, -0.1) is 0 Å². The van der Waals surface area contributed by atoms with Crippen molar-refractivity contribution in [3.63, 3.8) is 0 Å². The summed E-state index contributed by atoms with van der Waals surface area (Å²) in [7, 11) is 1.45. The van der Waals surface area contributed by atoms with E-state index in [2.05, 4.69) is 5.32 Å². The number of hydrogen-bond acceptors (Lipinski definition) is 3. The summed E-state index contributed by atoms with van der Waals surface area (Å²) in [5, 5.41) is 3.58. The van der Waals surface area contributed by atoms with E-state index in [-0.39, 0.29) is 17.8 Å². The van der Waals surface area contributed by atoms with Gasteiger partial charge in [-0.05, 0) is 42.8 Å². The smallest absolute Gasteiger partial charge is 0.309 e. The van der Waals surface area contributed by atoms with Crippen molar-refractivity contribution in [1.82, 2.24) is 0 Å². The van der Waals surface area contributed by atoms with Gasteiger partial charge >= 0.3 is 5.97 Å². The molecule has 0 radical (unpaired) electrons. The third-order valence-corrected chi connectivity index (χ3v) is 5.74. The summed E-state index contributed by atoms with van der Waals surface area (Å²) in [6, 6.07) is 13.1. The second-order valence-electron chi connectivity index (χ2n) is 7.34. The minimum absolute atomic E-state index is 0.0383. The number of carbonyl (C=O) groups excluding carboxylic acids is 2. The van der Waals surface area contributed by atoms with Crippen LogP contribution in [-0.4, -0.2) is 32.1 Å². The number of aryl methyl sites for hydroxylation is 1. The molecule has 1 saturated heterocycles. The fraction of sp³-hybridized carbons (Fsp3) is 0.364. The fourth-order valence-electron chi connectivity index (χ4n) is 3.59. The van der Waals surface area contributed by atoms with Crippen molar-refractivity contribution < 1.29 is 19.2 Å². The van der Waals surface area contributed by atoms with Crippen LogP contribution in [0.1, 0.15) is 34.3 Å². The van der Waals surface area contributed by atoms with Crippen molar-refractivity contribution in [3.8, 4) is 0 Å². The number of benzene rings is 2. The van der Waals surface area contributed by atoms with E-state index < -0.39 is 0 Å². The van der Waals surface area contributed by atoms with E-state index in [1.54, 1.807) is 12.1 Å². The molecule has 0 spiro atoms. The van der Waals surface area contributed by atoms with Crippen LogP contribution in [0.3, 0.4) is 0 Å². The maximum atomic E-state index is 12.4. The maximum absolute atomic E-state index is 12.4. The van der Waals surface area contributed by atoms with Gasteiger partial charge in [0.05, 0.1) is 26.1 Å². The number of methoxy groups -OCH3 is 1. The molecule has 2 N–H and O–H groups in total. The van der Waals surface area contributed by atoms with E-state index in [9.17, 15) is 9.59 Å². The Balaban J connectivity index is 1.54. The highest BCUT2D eigenvalue weighted by Crippen LogP contribution is 2.20. The third kappa shape index (κ3) is 5.12. The lowest BCUT2D eigenvalue weighted by molar-refractivity contribution is -0.919. The molecule has 3 rings (SSSR count). The third-order valence-electron chi connectivity index (χ3n) is 5.31. The van der Waals surface area contributed by atoms with Crippen LogP contribution in [-0.2, 0) is 16.1 Å². The van der Waals surface area contributed by atoms with Crippen molar-refractivity contribution in [2.24, 2.45) is 5.92 Å². The molecule has 0 aliphatic carbocycles. The average molecular weight is 402 g/mol. The minimum atomic E-state index is -0.139. The molecule has 0 atom stereocenters. The van der Waals surface area contributed by atoms with Crippen LogP contribution < -0.4 is 10.2 Å². The lowest BCUT2D eigenvalue weighted by atomic mass is 9.96. The zero-order valence-corrected chi connectivity index (χ0v) is 17.0. The minimum Gasteiger partial charge on any atom is -0.469 e. The molecule has 0 bridgehead atoms. The monoisotopic (exact) mass is 401 g/mol. The number of ether oxygens (including phenoxy) is 1. The molecule has 5 nitrogen and oxygen atoms in total. The number of quaternary nitrogens is 1. The molecule has 1 amide bonds. The summed E-state index contributed by atoms with van der Waals surface area (Å²) in [5.74, 6) is -0.193. The first kappa shape index (κ1) is 20.4. The number of nitrogens with one attached hydrogen (secondary N) is 2. The van der Waals surface area contributed by atoms with Gasteiger partial charge in [-0.2, -0.15) is 0 Å². The van der Waals surface area contributed by atoms with Crippen LogP contribution in [0.2, 0.25) is 5.02 Å². The lowest BCUT2D eigenvalue weighted by Crippen LogP contribution is -3.11. The van der Waals surface area contributed by atoms with Crippen molar-refractivity contribution in [3.05, 3.63) is 64.2 Å². The number of carbonyl (C=O) groups is 2. The van der Waals surface area contributed by atoms with E-state index in [4.69, 9.17) is 16.3 Å². The van der Waals surface area contributed by atoms with Crippen LogP contribution in [0, 0.1) is 12.8 Å². The second-order valence-corrected chi connectivity index (χ2v) is 7.75. The summed E-state index contributed by atoms with van der Waals surface area (Å²) in [4.78, 5) is 25.5. The molecule has 2 aromatic rings. The molecule has 1 fully saturated rings. The van der Waals surface area contributed by atoms with Crippen molar-refractivity contribution in [2.45, 2.75) is 26.3 Å². The zero-order valence-electron chi connectivity index (χ0n) is 16.3. The van der Waals surface area contributed by atoms with Gasteiger partial charge in [-0.3, -0.25) is 9.59 Å². The average Bonchev–Trinajstić information content (AvgIpc) is 2.71. The number of piperidine rings is 1. The number of likely N-dealkylation sites (tertiary alicyclic amines) is 1. The van der Waals surface area contributed by atoms with Gasteiger partial charge < -0.3 is 15.0 Å². The van der Waals surface area contributed by atoms with E-state index in [1.807, 2.05) is 37.3 Å². The summed E-state index contributed by atoms with van der Waals surface area (Å²) < 4.78 is 4.84. The Morgan fingerprint density at radius 1 is 1.14 bits per heavy atom. The molecule has 1 aliphatic rings. The predicted octanol–water partition coefficient (Wildman–Crippen LogP) is 2.87. The number of rotatable bonds is 5. The van der Waals surface area contributed by atoms with Gasteiger partial charge in [0, 0.05) is 34.7 Å². The molecule has 2 aromatic carbocycles. The largest absolute Gasteiger partial charge is 0.469 e. The molecule has 0 saturated carbocycles. The molecule has 0 unspecified atom stereocenters. The number of anilines is 1. The summed E-state index contributed by atoms with van der Waals surface area (Å²) >= 11 is 6.02. The van der Waals surface area contributed by atoms with Gasteiger partial charge in [0.1, 0.15) is 6.54 Å². The summed E-state index contributed by atoms with van der Waals surface area (Å²) in [5.41, 5.74) is 3.46. The Morgan fingerprint density at radius 2 is 1.82 bits per heavy atom. The SMILES string of the molecule is COC(=O)C1CC[NH+](Cc2ccc(C(=O)Nc3ccc(Cl)c(C)c3)cc2)CC1. The normalized spacial score (nSPS) is 19.1. The number of esters is 1. The van der Waals surface area contributed by atoms with E-state index in [0.717, 1.165) is 43.7 Å². The van der Waals surface area contributed by atoms with Gasteiger partial charge in [0.25, 0.3) is 5.91 Å². The van der Waals surface area contributed by atoms with Crippen molar-refractivity contribution >= 4 is 29.2 Å². The maximum Gasteiger partial charge on any atom is 0.309 e. The topological polar surface area (TPSA) is 59.8 Å². The molecule has 6 heteroatoms. The highest BCUT2D eigenvalue weighted by Gasteiger charge is 2.27. The lowest BCUT2D eigenvalue weighted by Gasteiger charge is -2.27.